The van der Waals surface area contributed by atoms with Gasteiger partial charge in [-0.2, -0.15) is 0 Å². The summed E-state index contributed by atoms with van der Waals surface area (Å²) in [5.74, 6) is 1.16. The second-order valence-corrected chi connectivity index (χ2v) is 6.15. The van der Waals surface area contributed by atoms with Gasteiger partial charge in [-0.3, -0.25) is 14.5 Å². The van der Waals surface area contributed by atoms with Crippen LogP contribution in [0.1, 0.15) is 17.8 Å². The average molecular weight is 357 g/mol. The van der Waals surface area contributed by atoms with E-state index in [2.05, 4.69) is 20.6 Å². The third kappa shape index (κ3) is 4.60. The number of imidazole rings is 1. The quantitative estimate of drug-likeness (QED) is 0.667. The molecule has 1 aromatic carbocycles. The van der Waals surface area contributed by atoms with Crippen molar-refractivity contribution >= 4 is 11.8 Å². The van der Waals surface area contributed by atoms with Gasteiger partial charge in [0.1, 0.15) is 11.6 Å². The van der Waals surface area contributed by atoms with Gasteiger partial charge in [-0.1, -0.05) is 12.1 Å². The highest BCUT2D eigenvalue weighted by atomic mass is 16.5. The van der Waals surface area contributed by atoms with Gasteiger partial charge in [0, 0.05) is 32.0 Å². The molecular weight excluding hydrogens is 334 g/mol. The van der Waals surface area contributed by atoms with Gasteiger partial charge in [0.2, 0.25) is 11.8 Å². The number of nitrogens with zero attached hydrogens (tertiary/aromatic N) is 2. The third-order valence-corrected chi connectivity index (χ3v) is 4.35. The number of amides is 2. The van der Waals surface area contributed by atoms with Crippen molar-refractivity contribution in [3.63, 3.8) is 0 Å². The fourth-order valence-corrected chi connectivity index (χ4v) is 3.00. The van der Waals surface area contributed by atoms with Crippen LogP contribution >= 0.6 is 0 Å². The number of methoxy groups -OCH3 is 1. The van der Waals surface area contributed by atoms with Crippen LogP contribution in [0.5, 0.6) is 5.75 Å². The number of benzene rings is 1. The Labute approximate surface area is 151 Å². The molecule has 0 spiro atoms. The van der Waals surface area contributed by atoms with Crippen molar-refractivity contribution in [3.05, 3.63) is 48.0 Å². The topological polar surface area (TPSA) is 99.3 Å². The zero-order chi connectivity index (χ0) is 18.4. The average Bonchev–Trinajstić information content (AvgIpc) is 3.17. The Morgan fingerprint density at radius 2 is 2.35 bits per heavy atom. The molecule has 0 radical (unpaired) electrons. The monoisotopic (exact) mass is 357 g/mol. The van der Waals surface area contributed by atoms with E-state index in [1.54, 1.807) is 19.5 Å². The van der Waals surface area contributed by atoms with E-state index in [0.717, 1.165) is 11.3 Å². The number of hydrogen-bond acceptors (Lipinski definition) is 5. The number of nitrogens with one attached hydrogen (secondary N) is 3. The van der Waals surface area contributed by atoms with Crippen LogP contribution in [0.25, 0.3) is 0 Å². The van der Waals surface area contributed by atoms with E-state index in [-0.39, 0.29) is 18.2 Å². The van der Waals surface area contributed by atoms with Crippen molar-refractivity contribution in [2.75, 3.05) is 20.2 Å². The second kappa shape index (κ2) is 8.48. The lowest BCUT2D eigenvalue weighted by molar-refractivity contribution is -0.134. The molecule has 1 aliphatic heterocycles. The van der Waals surface area contributed by atoms with Gasteiger partial charge in [0.05, 0.1) is 26.1 Å². The van der Waals surface area contributed by atoms with Crippen LogP contribution in [-0.2, 0) is 22.7 Å². The lowest BCUT2D eigenvalue weighted by atomic mass is 10.1. The Balaban J connectivity index is 1.61. The van der Waals surface area contributed by atoms with Crippen LogP contribution in [0, 0.1) is 0 Å². The summed E-state index contributed by atoms with van der Waals surface area (Å²) < 4.78 is 5.25. The summed E-state index contributed by atoms with van der Waals surface area (Å²) in [7, 11) is 1.62. The molecule has 2 aromatic rings. The van der Waals surface area contributed by atoms with Crippen molar-refractivity contribution in [3.8, 4) is 5.75 Å². The predicted molar refractivity (Wildman–Crippen MR) is 95.3 cm³/mol. The molecule has 0 saturated carbocycles. The molecule has 138 valence electrons. The molecule has 1 atom stereocenters. The SMILES string of the molecule is COc1cccc(CN2CCNC(=O)[C@H]2CC(=O)NCc2ncc[nH]2)c1. The molecule has 1 saturated heterocycles. The molecule has 26 heavy (non-hydrogen) atoms. The number of carbonyl (C=O) groups is 2. The van der Waals surface area contributed by atoms with Crippen LogP contribution < -0.4 is 15.4 Å². The molecule has 1 aromatic heterocycles. The number of piperazine rings is 1. The summed E-state index contributed by atoms with van der Waals surface area (Å²) in [5, 5.41) is 5.64. The van der Waals surface area contributed by atoms with Crippen molar-refractivity contribution in [2.45, 2.75) is 25.6 Å². The maximum atomic E-state index is 12.3. The van der Waals surface area contributed by atoms with E-state index in [9.17, 15) is 9.59 Å². The molecule has 0 unspecified atom stereocenters. The van der Waals surface area contributed by atoms with E-state index in [1.165, 1.54) is 0 Å². The normalized spacial score (nSPS) is 17.6. The minimum atomic E-state index is -0.494. The van der Waals surface area contributed by atoms with Crippen LogP contribution in [0.2, 0.25) is 0 Å². The van der Waals surface area contributed by atoms with Crippen LogP contribution in [0.15, 0.2) is 36.7 Å². The molecular formula is C18H23N5O3. The molecule has 3 rings (SSSR count). The van der Waals surface area contributed by atoms with Crippen LogP contribution in [0.4, 0.5) is 0 Å². The summed E-state index contributed by atoms with van der Waals surface area (Å²) in [4.78, 5) is 33.6. The Kier molecular flexibility index (Phi) is 5.85. The van der Waals surface area contributed by atoms with Gasteiger partial charge in [-0.25, -0.2) is 4.98 Å². The Bertz CT molecular complexity index is 747. The molecule has 0 bridgehead atoms. The van der Waals surface area contributed by atoms with Crippen molar-refractivity contribution in [2.24, 2.45) is 0 Å². The predicted octanol–water partition coefficient (Wildman–Crippen LogP) is 0.425. The maximum absolute atomic E-state index is 12.3. The van der Waals surface area contributed by atoms with Gasteiger partial charge >= 0.3 is 0 Å². The molecule has 1 aliphatic rings. The van der Waals surface area contributed by atoms with Crippen molar-refractivity contribution in [1.29, 1.82) is 0 Å². The van der Waals surface area contributed by atoms with E-state index >= 15 is 0 Å². The first-order valence-corrected chi connectivity index (χ1v) is 8.55. The summed E-state index contributed by atoms with van der Waals surface area (Å²) in [5.41, 5.74) is 1.04. The molecule has 1 fully saturated rings. The Morgan fingerprint density at radius 1 is 1.46 bits per heavy atom. The number of hydrogen-bond donors (Lipinski definition) is 3. The molecule has 8 nitrogen and oxygen atoms in total. The number of H-pyrrole nitrogens is 1. The minimum absolute atomic E-state index is 0.108. The van der Waals surface area contributed by atoms with Crippen molar-refractivity contribution < 1.29 is 14.3 Å². The molecule has 3 N–H and O–H groups in total. The summed E-state index contributed by atoms with van der Waals surface area (Å²) in [6.45, 7) is 2.17. The first kappa shape index (κ1) is 17.9. The highest BCUT2D eigenvalue weighted by molar-refractivity contribution is 5.88. The zero-order valence-corrected chi connectivity index (χ0v) is 14.7. The highest BCUT2D eigenvalue weighted by Gasteiger charge is 2.31. The standard InChI is InChI=1S/C18H23N5O3/c1-26-14-4-2-3-13(9-14)12-23-8-7-21-18(25)15(23)10-17(24)22-11-16-19-5-6-20-16/h2-6,9,15H,7-8,10-12H2,1H3,(H,19,20)(H,21,25)(H,22,24)/t15-/m1/s1. The number of rotatable bonds is 7. The van der Waals surface area contributed by atoms with Gasteiger partial charge in [-0.05, 0) is 17.7 Å². The Hall–Kier alpha value is -2.87. The van der Waals surface area contributed by atoms with Crippen molar-refractivity contribution in [1.82, 2.24) is 25.5 Å². The fourth-order valence-electron chi connectivity index (χ4n) is 3.00. The number of carbonyl (C=O) groups excluding carboxylic acids is 2. The van der Waals surface area contributed by atoms with E-state index in [0.29, 0.717) is 32.0 Å². The Morgan fingerprint density at radius 3 is 3.12 bits per heavy atom. The van der Waals surface area contributed by atoms with Crippen LogP contribution in [-0.4, -0.2) is 52.9 Å². The zero-order valence-electron chi connectivity index (χ0n) is 14.7. The van der Waals surface area contributed by atoms with Gasteiger partial charge in [-0.15, -0.1) is 0 Å². The maximum Gasteiger partial charge on any atom is 0.237 e. The summed E-state index contributed by atoms with van der Waals surface area (Å²) in [6.07, 6.45) is 3.44. The smallest absolute Gasteiger partial charge is 0.237 e. The number of aromatic amines is 1. The first-order valence-electron chi connectivity index (χ1n) is 8.55. The molecule has 0 aliphatic carbocycles. The van der Waals surface area contributed by atoms with Crippen LogP contribution in [0.3, 0.4) is 0 Å². The number of ether oxygens (including phenoxy) is 1. The number of aromatic nitrogens is 2. The molecule has 8 heteroatoms. The van der Waals surface area contributed by atoms with Gasteiger partial charge in [0.15, 0.2) is 0 Å². The van der Waals surface area contributed by atoms with E-state index < -0.39 is 6.04 Å². The lowest BCUT2D eigenvalue weighted by Crippen LogP contribution is -2.56. The summed E-state index contributed by atoms with van der Waals surface area (Å²) >= 11 is 0. The molecule has 2 heterocycles. The van der Waals surface area contributed by atoms with Gasteiger partial charge in [0.25, 0.3) is 0 Å². The highest BCUT2D eigenvalue weighted by Crippen LogP contribution is 2.18. The van der Waals surface area contributed by atoms with Gasteiger partial charge < -0.3 is 20.4 Å². The molecule has 2 amide bonds. The fraction of sp³-hybridized carbons (Fsp3) is 0.389. The second-order valence-electron chi connectivity index (χ2n) is 6.15. The third-order valence-electron chi connectivity index (χ3n) is 4.35. The lowest BCUT2D eigenvalue weighted by Gasteiger charge is -2.34. The largest absolute Gasteiger partial charge is 0.497 e. The minimum Gasteiger partial charge on any atom is -0.497 e. The summed E-state index contributed by atoms with van der Waals surface area (Å²) in [6, 6.07) is 7.24. The van der Waals surface area contributed by atoms with E-state index in [4.69, 9.17) is 4.74 Å². The first-order chi connectivity index (χ1) is 12.7. The van der Waals surface area contributed by atoms with E-state index in [1.807, 2.05) is 29.2 Å².